The van der Waals surface area contributed by atoms with Crippen molar-refractivity contribution in [3.05, 3.63) is 68.8 Å². The molecule has 0 radical (unpaired) electrons. The zero-order chi connectivity index (χ0) is 19.3. The van der Waals surface area contributed by atoms with Gasteiger partial charge in [-0.25, -0.2) is 13.1 Å². The quantitative estimate of drug-likeness (QED) is 0.562. The summed E-state index contributed by atoms with van der Waals surface area (Å²) in [4.78, 5) is 10.3. The number of nitrogens with one attached hydrogen (secondary N) is 1. The van der Waals surface area contributed by atoms with Crippen molar-refractivity contribution in [2.24, 2.45) is 0 Å². The van der Waals surface area contributed by atoms with Crippen LogP contribution in [-0.4, -0.2) is 19.9 Å². The molecule has 0 aliphatic rings. The number of nitro benzene ring substituents is 1. The molecule has 2 aromatic rings. The lowest BCUT2D eigenvalue weighted by Gasteiger charge is -2.11. The van der Waals surface area contributed by atoms with Gasteiger partial charge >= 0.3 is 0 Å². The Bertz CT molecular complexity index is 893. The van der Waals surface area contributed by atoms with Crippen LogP contribution in [0, 0.1) is 24.0 Å². The van der Waals surface area contributed by atoms with Crippen LogP contribution < -0.4 is 4.72 Å². The van der Waals surface area contributed by atoms with Crippen LogP contribution in [0.15, 0.2) is 41.3 Å². The number of hydrogen-bond donors (Lipinski definition) is 1. The molecule has 0 fully saturated rings. The van der Waals surface area contributed by atoms with Crippen LogP contribution in [0.25, 0.3) is 0 Å². The number of benzene rings is 2. The van der Waals surface area contributed by atoms with Crippen LogP contribution in [-0.2, 0) is 27.9 Å². The summed E-state index contributed by atoms with van der Waals surface area (Å²) < 4.78 is 33.0. The SMILES string of the molecule is CCOCc1ccc(CNS(=O)(=O)c2cc([N+](=O)[O-])cc(C)c2C)cc1. The van der Waals surface area contributed by atoms with Crippen molar-refractivity contribution in [1.82, 2.24) is 4.72 Å². The molecule has 0 unspecified atom stereocenters. The maximum absolute atomic E-state index is 12.6. The minimum Gasteiger partial charge on any atom is -0.377 e. The molecule has 0 saturated carbocycles. The minimum absolute atomic E-state index is 0.0721. The molecule has 0 atom stereocenters. The van der Waals surface area contributed by atoms with Gasteiger partial charge in [0.05, 0.1) is 16.4 Å². The fraction of sp³-hybridized carbons (Fsp3) is 0.333. The summed E-state index contributed by atoms with van der Waals surface area (Å²) in [7, 11) is -3.87. The highest BCUT2D eigenvalue weighted by Gasteiger charge is 2.22. The highest BCUT2D eigenvalue weighted by molar-refractivity contribution is 7.89. The van der Waals surface area contributed by atoms with E-state index < -0.39 is 14.9 Å². The van der Waals surface area contributed by atoms with Crippen LogP contribution >= 0.6 is 0 Å². The van der Waals surface area contributed by atoms with Gasteiger partial charge in [0.15, 0.2) is 0 Å². The first-order valence-electron chi connectivity index (χ1n) is 8.15. The molecule has 0 aliphatic heterocycles. The Morgan fingerprint density at radius 1 is 1.12 bits per heavy atom. The van der Waals surface area contributed by atoms with E-state index in [1.54, 1.807) is 13.8 Å². The summed E-state index contributed by atoms with van der Waals surface area (Å²) in [6.45, 7) is 6.44. The Labute approximate surface area is 153 Å². The molecule has 0 aliphatic carbocycles. The van der Waals surface area contributed by atoms with Gasteiger partial charge in [0.2, 0.25) is 10.0 Å². The molecular weight excluding hydrogens is 356 g/mol. The third kappa shape index (κ3) is 4.87. The molecule has 0 heterocycles. The third-order valence-electron chi connectivity index (χ3n) is 4.07. The topological polar surface area (TPSA) is 98.5 Å². The molecule has 0 aromatic heterocycles. The van der Waals surface area contributed by atoms with Crippen LogP contribution in [0.1, 0.15) is 29.2 Å². The number of aryl methyl sites for hydroxylation is 1. The number of non-ortho nitro benzene ring substituents is 1. The highest BCUT2D eigenvalue weighted by Crippen LogP contribution is 2.25. The van der Waals surface area contributed by atoms with E-state index in [9.17, 15) is 18.5 Å². The molecular formula is C18H22N2O5S. The van der Waals surface area contributed by atoms with Crippen molar-refractivity contribution in [2.45, 2.75) is 38.8 Å². The van der Waals surface area contributed by atoms with Gasteiger partial charge in [-0.1, -0.05) is 24.3 Å². The second kappa shape index (κ2) is 8.39. The average molecular weight is 378 g/mol. The monoisotopic (exact) mass is 378 g/mol. The number of sulfonamides is 1. The summed E-state index contributed by atoms with van der Waals surface area (Å²) in [5.74, 6) is 0. The zero-order valence-corrected chi connectivity index (χ0v) is 15.8. The van der Waals surface area contributed by atoms with E-state index in [0.717, 1.165) is 17.2 Å². The van der Waals surface area contributed by atoms with Gasteiger partial charge in [0, 0.05) is 25.3 Å². The maximum atomic E-state index is 12.6. The Hall–Kier alpha value is -2.29. The number of rotatable bonds is 8. The van der Waals surface area contributed by atoms with Crippen molar-refractivity contribution in [1.29, 1.82) is 0 Å². The highest BCUT2D eigenvalue weighted by atomic mass is 32.2. The summed E-state index contributed by atoms with van der Waals surface area (Å²) in [6, 6.07) is 9.86. The largest absolute Gasteiger partial charge is 0.377 e. The first-order chi connectivity index (χ1) is 12.2. The van der Waals surface area contributed by atoms with Gasteiger partial charge in [0.25, 0.3) is 5.69 Å². The van der Waals surface area contributed by atoms with Crippen molar-refractivity contribution < 1.29 is 18.1 Å². The van der Waals surface area contributed by atoms with Gasteiger partial charge in [-0.3, -0.25) is 10.1 Å². The first kappa shape index (κ1) is 20.0. The number of nitro groups is 1. The molecule has 7 nitrogen and oxygen atoms in total. The zero-order valence-electron chi connectivity index (χ0n) is 15.0. The molecule has 8 heteroatoms. The lowest BCUT2D eigenvalue weighted by molar-refractivity contribution is -0.385. The van der Waals surface area contributed by atoms with Gasteiger partial charge < -0.3 is 4.74 Å². The Morgan fingerprint density at radius 2 is 1.73 bits per heavy atom. The molecule has 140 valence electrons. The Balaban J connectivity index is 2.17. The van der Waals surface area contributed by atoms with E-state index >= 15 is 0 Å². The summed E-state index contributed by atoms with van der Waals surface area (Å²) in [5, 5.41) is 11.0. The van der Waals surface area contributed by atoms with E-state index in [1.807, 2.05) is 31.2 Å². The van der Waals surface area contributed by atoms with E-state index in [1.165, 1.54) is 6.07 Å². The van der Waals surface area contributed by atoms with Crippen LogP contribution in [0.5, 0.6) is 0 Å². The minimum atomic E-state index is -3.87. The molecule has 1 N–H and O–H groups in total. The molecule has 2 rings (SSSR count). The van der Waals surface area contributed by atoms with Gasteiger partial charge in [-0.15, -0.1) is 0 Å². The maximum Gasteiger partial charge on any atom is 0.271 e. The first-order valence-corrected chi connectivity index (χ1v) is 9.63. The predicted molar refractivity (Wildman–Crippen MR) is 98.4 cm³/mol. The van der Waals surface area contributed by atoms with E-state index in [-0.39, 0.29) is 17.1 Å². The molecule has 0 saturated heterocycles. The van der Waals surface area contributed by atoms with Crippen molar-refractivity contribution in [3.8, 4) is 0 Å². The number of ether oxygens (including phenoxy) is 1. The van der Waals surface area contributed by atoms with Crippen LogP contribution in [0.3, 0.4) is 0 Å². The van der Waals surface area contributed by atoms with Crippen LogP contribution in [0.4, 0.5) is 5.69 Å². The molecule has 0 spiro atoms. The Morgan fingerprint density at radius 3 is 2.31 bits per heavy atom. The third-order valence-corrected chi connectivity index (χ3v) is 5.59. The summed E-state index contributed by atoms with van der Waals surface area (Å²) in [5.41, 5.74) is 2.60. The van der Waals surface area contributed by atoms with Crippen molar-refractivity contribution >= 4 is 15.7 Å². The molecule has 0 bridgehead atoms. The van der Waals surface area contributed by atoms with Gasteiger partial charge in [-0.05, 0) is 43.0 Å². The lowest BCUT2D eigenvalue weighted by Crippen LogP contribution is -2.24. The standard InChI is InChI=1S/C18H22N2O5S/c1-4-25-12-16-7-5-15(6-8-16)11-19-26(23,24)18-10-17(20(21)22)9-13(2)14(18)3/h5-10,19H,4,11-12H2,1-3H3. The smallest absolute Gasteiger partial charge is 0.271 e. The van der Waals surface area contributed by atoms with Crippen molar-refractivity contribution in [3.63, 3.8) is 0 Å². The van der Waals surface area contributed by atoms with Gasteiger partial charge in [0.1, 0.15) is 0 Å². The fourth-order valence-electron chi connectivity index (χ4n) is 2.42. The normalized spacial score (nSPS) is 11.5. The van der Waals surface area contributed by atoms with E-state index in [4.69, 9.17) is 4.74 Å². The van der Waals surface area contributed by atoms with E-state index in [2.05, 4.69) is 4.72 Å². The number of nitrogens with zero attached hydrogens (tertiary/aromatic N) is 1. The molecule has 2 aromatic carbocycles. The number of hydrogen-bond acceptors (Lipinski definition) is 5. The Kier molecular flexibility index (Phi) is 6.47. The fourth-order valence-corrected chi connectivity index (χ4v) is 3.77. The molecule has 0 amide bonds. The lowest BCUT2D eigenvalue weighted by atomic mass is 10.1. The molecule has 26 heavy (non-hydrogen) atoms. The van der Waals surface area contributed by atoms with Gasteiger partial charge in [-0.2, -0.15) is 0 Å². The second-order valence-electron chi connectivity index (χ2n) is 5.92. The van der Waals surface area contributed by atoms with Crippen LogP contribution in [0.2, 0.25) is 0 Å². The summed E-state index contributed by atoms with van der Waals surface area (Å²) >= 11 is 0. The predicted octanol–water partition coefficient (Wildman–Crippen LogP) is 3.23. The average Bonchev–Trinajstić information content (AvgIpc) is 2.61. The second-order valence-corrected chi connectivity index (χ2v) is 7.66. The summed E-state index contributed by atoms with van der Waals surface area (Å²) in [6.07, 6.45) is 0. The van der Waals surface area contributed by atoms with Crippen molar-refractivity contribution in [2.75, 3.05) is 6.61 Å². The van der Waals surface area contributed by atoms with E-state index in [0.29, 0.717) is 24.3 Å².